The summed E-state index contributed by atoms with van der Waals surface area (Å²) in [6.45, 7) is 3.69. The molecule has 0 heterocycles. The van der Waals surface area contributed by atoms with Gasteiger partial charge in [-0.1, -0.05) is 12.0 Å². The normalized spacial score (nSPS) is 11.3. The molecule has 0 bridgehead atoms. The first kappa shape index (κ1) is 9.73. The predicted octanol–water partition coefficient (Wildman–Crippen LogP) is -0.361. The van der Waals surface area contributed by atoms with Crippen LogP contribution in [0.4, 0.5) is 0 Å². The maximum atomic E-state index is 10.9. The number of rotatable bonds is 4. The van der Waals surface area contributed by atoms with Gasteiger partial charge in [0.15, 0.2) is 0 Å². The average Bonchev–Trinajstić information content (AvgIpc) is 2.00. The Kier molecular flexibility index (Phi) is 4.87. The molecule has 0 aliphatic carbocycles. The van der Waals surface area contributed by atoms with Crippen LogP contribution in [-0.2, 0) is 4.79 Å². The quantitative estimate of drug-likeness (QED) is 0.427. The first-order chi connectivity index (χ1) is 5.22. The summed E-state index contributed by atoms with van der Waals surface area (Å²) in [6.07, 6.45) is 6.99. The van der Waals surface area contributed by atoms with E-state index < -0.39 is 6.04 Å². The number of carbonyl (C=O) groups is 1. The lowest BCUT2D eigenvalue weighted by Gasteiger charge is -2.06. The van der Waals surface area contributed by atoms with Crippen molar-refractivity contribution < 1.29 is 4.79 Å². The van der Waals surface area contributed by atoms with Gasteiger partial charge >= 0.3 is 0 Å². The van der Waals surface area contributed by atoms with Crippen LogP contribution in [0.3, 0.4) is 0 Å². The van der Waals surface area contributed by atoms with Gasteiger partial charge in [-0.3, -0.25) is 4.79 Å². The summed E-state index contributed by atoms with van der Waals surface area (Å²) in [5.74, 6) is 2.05. The molecule has 0 aliphatic rings. The van der Waals surface area contributed by atoms with Gasteiger partial charge in [0.2, 0.25) is 5.91 Å². The molecule has 3 nitrogen and oxygen atoms in total. The summed E-state index contributed by atoms with van der Waals surface area (Å²) in [5, 5.41) is 2.47. The minimum absolute atomic E-state index is 0.226. The summed E-state index contributed by atoms with van der Waals surface area (Å²) in [4.78, 5) is 10.9. The molecule has 1 amide bonds. The number of hydrogen-bond donors (Lipinski definition) is 2. The third-order valence-electron chi connectivity index (χ3n) is 1.12. The van der Waals surface area contributed by atoms with Crippen LogP contribution in [0.15, 0.2) is 12.7 Å². The first-order valence-electron chi connectivity index (χ1n) is 3.30. The van der Waals surface area contributed by atoms with Crippen molar-refractivity contribution in [3.8, 4) is 12.3 Å². The van der Waals surface area contributed by atoms with Crippen LogP contribution in [0.1, 0.15) is 6.42 Å². The van der Waals surface area contributed by atoms with Gasteiger partial charge in [-0.05, 0) is 6.42 Å². The lowest BCUT2D eigenvalue weighted by molar-refractivity contribution is -0.122. The summed E-state index contributed by atoms with van der Waals surface area (Å²) < 4.78 is 0. The third kappa shape index (κ3) is 4.18. The highest BCUT2D eigenvalue weighted by atomic mass is 16.2. The molecule has 0 aliphatic heterocycles. The van der Waals surface area contributed by atoms with Gasteiger partial charge in [0.1, 0.15) is 0 Å². The molecular weight excluding hydrogens is 140 g/mol. The fourth-order valence-corrected chi connectivity index (χ4v) is 0.556. The molecule has 0 fully saturated rings. The Morgan fingerprint density at radius 2 is 2.55 bits per heavy atom. The van der Waals surface area contributed by atoms with E-state index in [0.717, 1.165) is 0 Å². The predicted molar refractivity (Wildman–Crippen MR) is 44.6 cm³/mol. The topological polar surface area (TPSA) is 55.1 Å². The molecule has 11 heavy (non-hydrogen) atoms. The highest BCUT2D eigenvalue weighted by Gasteiger charge is 2.08. The highest BCUT2D eigenvalue weighted by Crippen LogP contribution is 1.87. The van der Waals surface area contributed by atoms with E-state index in [1.165, 1.54) is 0 Å². The monoisotopic (exact) mass is 152 g/mol. The maximum absolute atomic E-state index is 10.9. The van der Waals surface area contributed by atoms with Gasteiger partial charge in [-0.15, -0.1) is 13.0 Å². The van der Waals surface area contributed by atoms with Crippen LogP contribution in [0, 0.1) is 12.3 Å². The fraction of sp³-hybridized carbons (Fsp3) is 0.375. The van der Waals surface area contributed by atoms with Gasteiger partial charge in [-0.2, -0.15) is 0 Å². The number of amides is 1. The van der Waals surface area contributed by atoms with Gasteiger partial charge in [0, 0.05) is 0 Å². The number of nitrogens with one attached hydrogen (secondary N) is 1. The Balaban J connectivity index is 3.65. The highest BCUT2D eigenvalue weighted by molar-refractivity contribution is 5.81. The Bertz CT molecular complexity index is 181. The van der Waals surface area contributed by atoms with E-state index in [0.29, 0.717) is 6.42 Å². The van der Waals surface area contributed by atoms with Crippen LogP contribution in [0.2, 0.25) is 0 Å². The molecule has 0 radical (unpaired) electrons. The SMILES string of the molecule is C#CCNC(=O)C(N)CC=C. The van der Waals surface area contributed by atoms with Crippen LogP contribution < -0.4 is 11.1 Å². The lowest BCUT2D eigenvalue weighted by Crippen LogP contribution is -2.40. The van der Waals surface area contributed by atoms with Crippen molar-refractivity contribution in [2.45, 2.75) is 12.5 Å². The Labute approximate surface area is 66.7 Å². The summed E-state index contributed by atoms with van der Waals surface area (Å²) in [7, 11) is 0. The van der Waals surface area contributed by atoms with Gasteiger partial charge in [0.25, 0.3) is 0 Å². The molecule has 1 atom stereocenters. The largest absolute Gasteiger partial charge is 0.344 e. The second-order valence-corrected chi connectivity index (χ2v) is 2.05. The van der Waals surface area contributed by atoms with E-state index in [9.17, 15) is 4.79 Å². The summed E-state index contributed by atoms with van der Waals surface area (Å²) >= 11 is 0. The smallest absolute Gasteiger partial charge is 0.237 e. The van der Waals surface area contributed by atoms with E-state index in [1.54, 1.807) is 6.08 Å². The molecule has 0 saturated heterocycles. The molecule has 0 rings (SSSR count). The third-order valence-corrected chi connectivity index (χ3v) is 1.12. The Hall–Kier alpha value is -1.27. The minimum atomic E-state index is -0.527. The molecule has 1 unspecified atom stereocenters. The average molecular weight is 152 g/mol. The summed E-state index contributed by atoms with van der Waals surface area (Å²) in [6, 6.07) is -0.527. The maximum Gasteiger partial charge on any atom is 0.237 e. The number of hydrogen-bond acceptors (Lipinski definition) is 2. The van der Waals surface area contributed by atoms with Crippen molar-refractivity contribution in [1.29, 1.82) is 0 Å². The number of terminal acetylenes is 1. The zero-order valence-corrected chi connectivity index (χ0v) is 6.34. The molecule has 0 spiro atoms. The molecule has 0 aromatic heterocycles. The summed E-state index contributed by atoms with van der Waals surface area (Å²) in [5.41, 5.74) is 5.42. The molecule has 60 valence electrons. The van der Waals surface area contributed by atoms with Crippen molar-refractivity contribution >= 4 is 5.91 Å². The van der Waals surface area contributed by atoms with Crippen molar-refractivity contribution in [2.75, 3.05) is 6.54 Å². The molecule has 0 saturated carbocycles. The molecule has 3 N–H and O–H groups in total. The Morgan fingerprint density at radius 3 is 3.00 bits per heavy atom. The van der Waals surface area contributed by atoms with E-state index in [2.05, 4.69) is 17.8 Å². The molecular formula is C8H12N2O. The van der Waals surface area contributed by atoms with Crippen LogP contribution >= 0.6 is 0 Å². The minimum Gasteiger partial charge on any atom is -0.344 e. The van der Waals surface area contributed by atoms with Crippen molar-refractivity contribution in [2.24, 2.45) is 5.73 Å². The van der Waals surface area contributed by atoms with Gasteiger partial charge < -0.3 is 11.1 Å². The number of nitrogens with two attached hydrogens (primary N) is 1. The number of carbonyl (C=O) groups excluding carboxylic acids is 1. The fourth-order valence-electron chi connectivity index (χ4n) is 0.556. The first-order valence-corrected chi connectivity index (χ1v) is 3.30. The van der Waals surface area contributed by atoms with E-state index >= 15 is 0 Å². The lowest BCUT2D eigenvalue weighted by atomic mass is 10.2. The van der Waals surface area contributed by atoms with Crippen LogP contribution in [-0.4, -0.2) is 18.5 Å². The van der Waals surface area contributed by atoms with Crippen LogP contribution in [0.25, 0.3) is 0 Å². The van der Waals surface area contributed by atoms with E-state index in [-0.39, 0.29) is 12.5 Å². The van der Waals surface area contributed by atoms with E-state index in [1.807, 2.05) is 0 Å². The van der Waals surface area contributed by atoms with Crippen molar-refractivity contribution in [3.63, 3.8) is 0 Å². The zero-order valence-electron chi connectivity index (χ0n) is 6.34. The van der Waals surface area contributed by atoms with Gasteiger partial charge in [0.05, 0.1) is 12.6 Å². The zero-order chi connectivity index (χ0) is 8.69. The Morgan fingerprint density at radius 1 is 1.91 bits per heavy atom. The van der Waals surface area contributed by atoms with Gasteiger partial charge in [-0.25, -0.2) is 0 Å². The van der Waals surface area contributed by atoms with Crippen molar-refractivity contribution in [3.05, 3.63) is 12.7 Å². The molecule has 3 heteroatoms. The second kappa shape index (κ2) is 5.51. The standard InChI is InChI=1S/C8H12N2O/c1-3-5-7(9)8(11)10-6-4-2/h2-3,7H,1,5-6,9H2,(H,10,11). The second-order valence-electron chi connectivity index (χ2n) is 2.05. The van der Waals surface area contributed by atoms with Crippen molar-refractivity contribution in [1.82, 2.24) is 5.32 Å². The molecule has 0 aromatic carbocycles. The van der Waals surface area contributed by atoms with E-state index in [4.69, 9.17) is 12.2 Å². The molecule has 0 aromatic rings. The van der Waals surface area contributed by atoms with Crippen LogP contribution in [0.5, 0.6) is 0 Å².